The van der Waals surface area contributed by atoms with Gasteiger partial charge in [-0.3, -0.25) is 4.79 Å². The second kappa shape index (κ2) is 6.33. The molecule has 0 saturated heterocycles. The molecule has 0 fully saturated rings. The number of carbonyl (C=O) groups is 1. The Bertz CT molecular complexity index is 553. The summed E-state index contributed by atoms with van der Waals surface area (Å²) in [5.74, 6) is 1.37. The van der Waals surface area contributed by atoms with Crippen LogP contribution in [0.5, 0.6) is 5.75 Å². The van der Waals surface area contributed by atoms with Gasteiger partial charge in [0, 0.05) is 5.56 Å². The van der Waals surface area contributed by atoms with Crippen molar-refractivity contribution in [3.05, 3.63) is 36.4 Å². The highest BCUT2D eigenvalue weighted by Crippen LogP contribution is 2.22. The average Bonchev–Trinajstić information content (AvgIpc) is 2.46. The van der Waals surface area contributed by atoms with E-state index in [1.165, 1.54) is 11.8 Å². The fraction of sp³-hybridized carbons (Fsp3) is 0.214. The van der Waals surface area contributed by atoms with Crippen LogP contribution in [0.4, 0.5) is 0 Å². The van der Waals surface area contributed by atoms with Crippen LogP contribution in [-0.4, -0.2) is 28.8 Å². The van der Waals surface area contributed by atoms with Crippen molar-refractivity contribution in [1.29, 1.82) is 0 Å². The molecule has 19 heavy (non-hydrogen) atoms. The summed E-state index contributed by atoms with van der Waals surface area (Å²) in [5, 5.41) is 9.02. The number of Topliss-reactive ketones (excluding diaryl/α,β-unsaturated/α-hetero) is 1. The number of methoxy groups -OCH3 is 1. The molecule has 0 saturated carbocycles. The van der Waals surface area contributed by atoms with Crippen molar-refractivity contribution in [3.8, 4) is 17.0 Å². The number of ether oxygens (including phenoxy) is 1. The predicted octanol–water partition coefficient (Wildman–Crippen LogP) is 2.83. The summed E-state index contributed by atoms with van der Waals surface area (Å²) >= 11 is 1.40. The number of nitrogens with zero attached hydrogens (tertiary/aromatic N) is 2. The summed E-state index contributed by atoms with van der Waals surface area (Å²) in [6.45, 7) is 1.56. The van der Waals surface area contributed by atoms with E-state index in [2.05, 4.69) is 10.2 Å². The summed E-state index contributed by atoms with van der Waals surface area (Å²) in [7, 11) is 1.63. The second-order valence-corrected chi connectivity index (χ2v) is 4.97. The number of rotatable bonds is 5. The normalized spacial score (nSPS) is 10.2. The van der Waals surface area contributed by atoms with Crippen molar-refractivity contribution in [3.63, 3.8) is 0 Å². The Morgan fingerprint density at radius 3 is 2.42 bits per heavy atom. The van der Waals surface area contributed by atoms with E-state index in [0.29, 0.717) is 5.75 Å². The van der Waals surface area contributed by atoms with Gasteiger partial charge >= 0.3 is 0 Å². The van der Waals surface area contributed by atoms with Crippen molar-refractivity contribution < 1.29 is 9.53 Å². The molecule has 0 amide bonds. The minimum absolute atomic E-state index is 0.131. The van der Waals surface area contributed by atoms with Crippen LogP contribution in [0.1, 0.15) is 6.92 Å². The van der Waals surface area contributed by atoms with E-state index in [1.54, 1.807) is 14.0 Å². The Morgan fingerprint density at radius 1 is 1.16 bits per heavy atom. The zero-order valence-electron chi connectivity index (χ0n) is 10.8. The van der Waals surface area contributed by atoms with Gasteiger partial charge in [0.05, 0.1) is 18.6 Å². The van der Waals surface area contributed by atoms with E-state index in [1.807, 2.05) is 36.4 Å². The lowest BCUT2D eigenvalue weighted by Gasteiger charge is -2.03. The highest BCUT2D eigenvalue weighted by molar-refractivity contribution is 7.99. The maximum absolute atomic E-state index is 10.9. The molecule has 0 aliphatic carbocycles. The molecule has 5 heteroatoms. The monoisotopic (exact) mass is 274 g/mol. The molecule has 0 radical (unpaired) electrons. The van der Waals surface area contributed by atoms with Crippen molar-refractivity contribution in [2.24, 2.45) is 0 Å². The highest BCUT2D eigenvalue weighted by atomic mass is 32.2. The van der Waals surface area contributed by atoms with Crippen LogP contribution in [0.25, 0.3) is 11.3 Å². The summed E-state index contributed by atoms with van der Waals surface area (Å²) in [6.07, 6.45) is 0. The number of aromatic nitrogens is 2. The van der Waals surface area contributed by atoms with Gasteiger partial charge in [-0.1, -0.05) is 11.8 Å². The Hall–Kier alpha value is -1.88. The molecule has 1 aromatic carbocycles. The lowest BCUT2D eigenvalue weighted by molar-refractivity contribution is -0.114. The highest BCUT2D eigenvalue weighted by Gasteiger charge is 2.03. The van der Waals surface area contributed by atoms with Crippen molar-refractivity contribution >= 4 is 17.5 Å². The van der Waals surface area contributed by atoms with E-state index in [4.69, 9.17) is 4.74 Å². The van der Waals surface area contributed by atoms with E-state index in [-0.39, 0.29) is 5.78 Å². The van der Waals surface area contributed by atoms with Crippen LogP contribution in [-0.2, 0) is 4.79 Å². The molecule has 0 atom stereocenters. The minimum Gasteiger partial charge on any atom is -0.497 e. The van der Waals surface area contributed by atoms with Crippen LogP contribution < -0.4 is 4.74 Å². The maximum Gasteiger partial charge on any atom is 0.140 e. The van der Waals surface area contributed by atoms with Crippen LogP contribution in [0, 0.1) is 0 Å². The smallest absolute Gasteiger partial charge is 0.140 e. The van der Waals surface area contributed by atoms with E-state index in [9.17, 15) is 4.79 Å². The van der Waals surface area contributed by atoms with Gasteiger partial charge < -0.3 is 4.74 Å². The maximum atomic E-state index is 10.9. The van der Waals surface area contributed by atoms with Gasteiger partial charge in [0.2, 0.25) is 0 Å². The number of benzene rings is 1. The van der Waals surface area contributed by atoms with Crippen LogP contribution >= 0.6 is 11.8 Å². The summed E-state index contributed by atoms with van der Waals surface area (Å²) < 4.78 is 5.11. The van der Waals surface area contributed by atoms with Gasteiger partial charge in [0.1, 0.15) is 16.6 Å². The molecule has 98 valence electrons. The first kappa shape index (κ1) is 13.5. The molecule has 0 unspecified atom stereocenters. The molecule has 0 spiro atoms. The third-order valence-electron chi connectivity index (χ3n) is 2.45. The minimum atomic E-state index is 0.131. The number of ketones is 1. The Balaban J connectivity index is 2.10. The number of hydrogen-bond donors (Lipinski definition) is 0. The first-order valence-electron chi connectivity index (χ1n) is 5.79. The van der Waals surface area contributed by atoms with E-state index >= 15 is 0 Å². The van der Waals surface area contributed by atoms with Crippen LogP contribution in [0.2, 0.25) is 0 Å². The predicted molar refractivity (Wildman–Crippen MR) is 75.4 cm³/mol. The molecule has 1 aromatic heterocycles. The van der Waals surface area contributed by atoms with E-state index < -0.39 is 0 Å². The van der Waals surface area contributed by atoms with Crippen molar-refractivity contribution in [2.45, 2.75) is 11.9 Å². The molecule has 0 N–H and O–H groups in total. The van der Waals surface area contributed by atoms with Crippen LogP contribution in [0.15, 0.2) is 41.4 Å². The fourth-order valence-corrected chi connectivity index (χ4v) is 2.10. The van der Waals surface area contributed by atoms with Gasteiger partial charge in [-0.25, -0.2) is 0 Å². The standard InChI is InChI=1S/C14H14N2O2S/c1-10(17)9-19-14-8-7-13(15-16-14)11-3-5-12(18-2)6-4-11/h3-8H,9H2,1-2H3. The lowest BCUT2D eigenvalue weighted by atomic mass is 10.1. The van der Waals surface area contributed by atoms with E-state index in [0.717, 1.165) is 22.0 Å². The Morgan fingerprint density at radius 2 is 1.89 bits per heavy atom. The molecule has 0 bridgehead atoms. The zero-order valence-corrected chi connectivity index (χ0v) is 11.6. The molecular weight excluding hydrogens is 260 g/mol. The largest absolute Gasteiger partial charge is 0.497 e. The van der Waals surface area contributed by atoms with Crippen molar-refractivity contribution in [2.75, 3.05) is 12.9 Å². The third kappa shape index (κ3) is 3.79. The summed E-state index contributed by atoms with van der Waals surface area (Å²) in [5.41, 5.74) is 1.78. The fourth-order valence-electron chi connectivity index (χ4n) is 1.49. The second-order valence-electron chi connectivity index (χ2n) is 3.98. The number of thioether (sulfide) groups is 1. The topological polar surface area (TPSA) is 52.1 Å². The molecule has 2 rings (SSSR count). The number of carbonyl (C=O) groups excluding carboxylic acids is 1. The Kier molecular flexibility index (Phi) is 4.52. The average molecular weight is 274 g/mol. The molecule has 0 aliphatic heterocycles. The summed E-state index contributed by atoms with van der Waals surface area (Å²) in [4.78, 5) is 10.9. The molecule has 0 aliphatic rings. The van der Waals surface area contributed by atoms with Gasteiger partial charge in [-0.2, -0.15) is 0 Å². The quantitative estimate of drug-likeness (QED) is 0.785. The van der Waals surface area contributed by atoms with Crippen molar-refractivity contribution in [1.82, 2.24) is 10.2 Å². The van der Waals surface area contributed by atoms with Gasteiger partial charge in [-0.05, 0) is 43.3 Å². The van der Waals surface area contributed by atoms with Gasteiger partial charge in [0.25, 0.3) is 0 Å². The van der Waals surface area contributed by atoms with Gasteiger partial charge in [0.15, 0.2) is 0 Å². The third-order valence-corrected chi connectivity index (χ3v) is 3.51. The number of hydrogen-bond acceptors (Lipinski definition) is 5. The zero-order chi connectivity index (χ0) is 13.7. The summed E-state index contributed by atoms with van der Waals surface area (Å²) in [6, 6.07) is 11.4. The molecule has 1 heterocycles. The molecular formula is C14H14N2O2S. The van der Waals surface area contributed by atoms with Gasteiger partial charge in [-0.15, -0.1) is 10.2 Å². The van der Waals surface area contributed by atoms with Crippen LogP contribution in [0.3, 0.4) is 0 Å². The Labute approximate surface area is 116 Å². The first-order chi connectivity index (χ1) is 9.19. The SMILES string of the molecule is COc1ccc(-c2ccc(SCC(C)=O)nn2)cc1. The molecule has 4 nitrogen and oxygen atoms in total. The molecule has 2 aromatic rings. The first-order valence-corrected chi connectivity index (χ1v) is 6.78. The lowest BCUT2D eigenvalue weighted by Crippen LogP contribution is -1.95.